The first kappa shape index (κ1) is 15.8. The Kier molecular flexibility index (Phi) is 4.91. The number of pyridine rings is 2. The average Bonchev–Trinajstić information content (AvgIpc) is 2.64. The first-order valence-electron chi connectivity index (χ1n) is 7.66. The summed E-state index contributed by atoms with van der Waals surface area (Å²) in [5, 5.41) is 0. The highest BCUT2D eigenvalue weighted by molar-refractivity contribution is 5.60. The van der Waals surface area contributed by atoms with E-state index < -0.39 is 0 Å². The van der Waals surface area contributed by atoms with Gasteiger partial charge in [-0.05, 0) is 36.4 Å². The van der Waals surface area contributed by atoms with Crippen LogP contribution in [-0.4, -0.2) is 23.3 Å². The second-order valence-electron chi connectivity index (χ2n) is 5.17. The highest BCUT2D eigenvalue weighted by atomic mass is 16.5. The van der Waals surface area contributed by atoms with Crippen molar-refractivity contribution in [2.45, 2.75) is 6.54 Å². The molecule has 0 aliphatic carbocycles. The quantitative estimate of drug-likeness (QED) is 0.700. The van der Waals surface area contributed by atoms with E-state index in [9.17, 15) is 4.79 Å². The first-order valence-corrected chi connectivity index (χ1v) is 7.66. The fourth-order valence-electron chi connectivity index (χ4n) is 2.32. The lowest BCUT2D eigenvalue weighted by Crippen LogP contribution is -2.21. The summed E-state index contributed by atoms with van der Waals surface area (Å²) in [6.45, 7) is 0.944. The average molecular weight is 322 g/mol. The fourth-order valence-corrected chi connectivity index (χ4v) is 2.32. The van der Waals surface area contributed by atoms with Crippen LogP contribution in [0.4, 0.5) is 0 Å². The first-order chi connectivity index (χ1) is 11.8. The van der Waals surface area contributed by atoms with Crippen LogP contribution in [0.1, 0.15) is 0 Å². The molecule has 0 amide bonds. The molecule has 0 N–H and O–H groups in total. The lowest BCUT2D eigenvalue weighted by Gasteiger charge is -2.09. The number of hydrogen-bond donors (Lipinski definition) is 0. The van der Waals surface area contributed by atoms with Crippen LogP contribution >= 0.6 is 0 Å². The Balaban J connectivity index is 1.62. The van der Waals surface area contributed by atoms with E-state index in [0.29, 0.717) is 19.0 Å². The Morgan fingerprint density at radius 2 is 1.83 bits per heavy atom. The topological polar surface area (TPSA) is 53.4 Å². The van der Waals surface area contributed by atoms with Crippen molar-refractivity contribution in [2.24, 2.45) is 0 Å². The van der Waals surface area contributed by atoms with Gasteiger partial charge in [-0.25, -0.2) is 4.98 Å². The lowest BCUT2D eigenvalue weighted by atomic mass is 10.1. The van der Waals surface area contributed by atoms with Crippen LogP contribution < -0.4 is 15.0 Å². The van der Waals surface area contributed by atoms with Gasteiger partial charge in [-0.3, -0.25) is 4.79 Å². The largest absolute Gasteiger partial charge is 0.492 e. The van der Waals surface area contributed by atoms with Gasteiger partial charge >= 0.3 is 0 Å². The molecule has 0 radical (unpaired) electrons. The van der Waals surface area contributed by atoms with Crippen LogP contribution in [0.5, 0.6) is 11.6 Å². The van der Waals surface area contributed by atoms with Crippen LogP contribution in [-0.2, 0) is 6.54 Å². The van der Waals surface area contributed by atoms with Crippen LogP contribution in [0, 0.1) is 0 Å². The summed E-state index contributed by atoms with van der Waals surface area (Å²) in [7, 11) is 1.60. The monoisotopic (exact) mass is 322 g/mol. The molecule has 0 atom stereocenters. The summed E-state index contributed by atoms with van der Waals surface area (Å²) in [6.07, 6.45) is 1.75. The van der Waals surface area contributed by atoms with Crippen molar-refractivity contribution in [2.75, 3.05) is 13.7 Å². The van der Waals surface area contributed by atoms with Gasteiger partial charge in [-0.15, -0.1) is 0 Å². The molecule has 24 heavy (non-hydrogen) atoms. The Hall–Kier alpha value is -3.08. The van der Waals surface area contributed by atoms with Gasteiger partial charge in [0.25, 0.3) is 5.56 Å². The molecule has 0 saturated heterocycles. The van der Waals surface area contributed by atoms with E-state index >= 15 is 0 Å². The third-order valence-corrected chi connectivity index (χ3v) is 3.58. The molecule has 5 nitrogen and oxygen atoms in total. The van der Waals surface area contributed by atoms with Crippen molar-refractivity contribution in [3.63, 3.8) is 0 Å². The van der Waals surface area contributed by atoms with Crippen LogP contribution in [0.3, 0.4) is 0 Å². The van der Waals surface area contributed by atoms with E-state index in [4.69, 9.17) is 9.47 Å². The van der Waals surface area contributed by atoms with E-state index in [1.807, 2.05) is 48.5 Å². The maximum atomic E-state index is 11.6. The predicted octanol–water partition coefficient (Wildman–Crippen LogP) is 3.00. The second kappa shape index (κ2) is 7.46. The molecule has 0 bridgehead atoms. The lowest BCUT2D eigenvalue weighted by molar-refractivity contribution is 0.296. The molecular weight excluding hydrogens is 304 g/mol. The van der Waals surface area contributed by atoms with Gasteiger partial charge in [-0.2, -0.15) is 0 Å². The zero-order valence-electron chi connectivity index (χ0n) is 13.4. The summed E-state index contributed by atoms with van der Waals surface area (Å²) in [5.41, 5.74) is 1.80. The number of hydrogen-bond acceptors (Lipinski definition) is 4. The second-order valence-corrected chi connectivity index (χ2v) is 5.17. The maximum Gasteiger partial charge on any atom is 0.250 e. The van der Waals surface area contributed by atoms with Gasteiger partial charge < -0.3 is 14.0 Å². The molecule has 122 valence electrons. The van der Waals surface area contributed by atoms with Gasteiger partial charge in [0, 0.05) is 23.9 Å². The number of benzene rings is 1. The third-order valence-electron chi connectivity index (χ3n) is 3.58. The van der Waals surface area contributed by atoms with Gasteiger partial charge in [-0.1, -0.05) is 12.1 Å². The van der Waals surface area contributed by atoms with Crippen LogP contribution in [0.25, 0.3) is 11.3 Å². The molecule has 3 aromatic rings. The Bertz CT molecular complexity index is 857. The van der Waals surface area contributed by atoms with Gasteiger partial charge in [0.2, 0.25) is 5.88 Å². The molecule has 3 rings (SSSR count). The van der Waals surface area contributed by atoms with Gasteiger partial charge in [0.1, 0.15) is 12.4 Å². The normalized spacial score (nSPS) is 10.4. The third kappa shape index (κ3) is 3.81. The molecule has 2 aromatic heterocycles. The number of nitrogens with zero attached hydrogens (tertiary/aromatic N) is 2. The van der Waals surface area contributed by atoms with Crippen LogP contribution in [0.15, 0.2) is 71.7 Å². The van der Waals surface area contributed by atoms with Crippen molar-refractivity contribution in [3.8, 4) is 22.9 Å². The summed E-state index contributed by atoms with van der Waals surface area (Å²) in [4.78, 5) is 16.0. The van der Waals surface area contributed by atoms with Crippen molar-refractivity contribution in [1.82, 2.24) is 9.55 Å². The molecule has 0 unspecified atom stereocenters. The standard InChI is InChI=1S/C19H18N2O3/c1-23-18-6-4-5-17(20-18)15-8-10-16(11-9-15)24-14-13-21-12-3-2-7-19(21)22/h2-12H,13-14H2,1H3. The van der Waals surface area contributed by atoms with E-state index in [0.717, 1.165) is 17.0 Å². The summed E-state index contributed by atoms with van der Waals surface area (Å²) in [5.74, 6) is 1.34. The van der Waals surface area contributed by atoms with E-state index in [1.165, 1.54) is 6.07 Å². The molecule has 0 saturated carbocycles. The van der Waals surface area contributed by atoms with Crippen molar-refractivity contribution in [1.29, 1.82) is 0 Å². The van der Waals surface area contributed by atoms with E-state index in [-0.39, 0.29) is 5.56 Å². The molecule has 0 spiro atoms. The Morgan fingerprint density at radius 3 is 2.58 bits per heavy atom. The zero-order chi connectivity index (χ0) is 16.8. The number of rotatable bonds is 6. The Labute approximate surface area is 140 Å². The molecule has 0 aliphatic rings. The molecule has 0 aliphatic heterocycles. The number of aromatic nitrogens is 2. The highest BCUT2D eigenvalue weighted by Gasteiger charge is 2.02. The molecule has 0 fully saturated rings. The maximum absolute atomic E-state index is 11.6. The number of ether oxygens (including phenoxy) is 2. The molecule has 1 aromatic carbocycles. The number of methoxy groups -OCH3 is 1. The summed E-state index contributed by atoms with van der Waals surface area (Å²) >= 11 is 0. The van der Waals surface area contributed by atoms with E-state index in [1.54, 1.807) is 23.9 Å². The van der Waals surface area contributed by atoms with Crippen molar-refractivity contribution >= 4 is 0 Å². The van der Waals surface area contributed by atoms with Gasteiger partial charge in [0.05, 0.1) is 19.3 Å². The predicted molar refractivity (Wildman–Crippen MR) is 92.4 cm³/mol. The van der Waals surface area contributed by atoms with Gasteiger partial charge in [0.15, 0.2) is 0 Å². The molecule has 5 heteroatoms. The molecule has 2 heterocycles. The zero-order valence-corrected chi connectivity index (χ0v) is 13.4. The fraction of sp³-hybridized carbons (Fsp3) is 0.158. The highest BCUT2D eigenvalue weighted by Crippen LogP contribution is 2.22. The minimum absolute atomic E-state index is 0.0273. The Morgan fingerprint density at radius 1 is 1.00 bits per heavy atom. The van der Waals surface area contributed by atoms with Crippen molar-refractivity contribution in [3.05, 3.63) is 77.2 Å². The minimum atomic E-state index is -0.0273. The SMILES string of the molecule is COc1cccc(-c2ccc(OCCn3ccccc3=O)cc2)n1. The van der Waals surface area contributed by atoms with E-state index in [2.05, 4.69) is 4.98 Å². The van der Waals surface area contributed by atoms with Crippen molar-refractivity contribution < 1.29 is 9.47 Å². The smallest absolute Gasteiger partial charge is 0.250 e. The summed E-state index contributed by atoms with van der Waals surface area (Å²) in [6, 6.07) is 18.4. The van der Waals surface area contributed by atoms with Crippen LogP contribution in [0.2, 0.25) is 0 Å². The summed E-state index contributed by atoms with van der Waals surface area (Å²) < 4.78 is 12.5. The minimum Gasteiger partial charge on any atom is -0.492 e. The molecular formula is C19H18N2O3.